The summed E-state index contributed by atoms with van der Waals surface area (Å²) in [6.07, 6.45) is 6.16. The molecule has 1 atom stereocenters. The van der Waals surface area contributed by atoms with Crippen LogP contribution < -0.4 is 4.74 Å². The van der Waals surface area contributed by atoms with Crippen LogP contribution in [0.5, 0.6) is 5.75 Å². The van der Waals surface area contributed by atoms with Crippen LogP contribution in [0.1, 0.15) is 51.0 Å². The van der Waals surface area contributed by atoms with Gasteiger partial charge in [0.1, 0.15) is 12.4 Å². The first-order chi connectivity index (χ1) is 9.61. The minimum atomic E-state index is -0.656. The van der Waals surface area contributed by atoms with E-state index in [1.54, 1.807) is 0 Å². The van der Waals surface area contributed by atoms with Gasteiger partial charge in [-0.1, -0.05) is 38.3 Å². The summed E-state index contributed by atoms with van der Waals surface area (Å²) in [5.41, 5.74) is 0.421. The topological polar surface area (TPSA) is 49.7 Å². The van der Waals surface area contributed by atoms with E-state index in [1.165, 1.54) is 6.42 Å². The molecule has 3 nitrogen and oxygen atoms in total. The SMILES string of the molecule is CC[C@@H](O)Cc1cccc(OCC2(O)CCCCC2)c1. The zero-order valence-corrected chi connectivity index (χ0v) is 12.3. The monoisotopic (exact) mass is 278 g/mol. The molecule has 1 aliphatic rings. The molecule has 0 unspecified atom stereocenters. The van der Waals surface area contributed by atoms with Crippen molar-refractivity contribution in [3.8, 4) is 5.75 Å². The van der Waals surface area contributed by atoms with Crippen molar-refractivity contribution in [3.63, 3.8) is 0 Å². The molecule has 0 aliphatic heterocycles. The first-order valence-electron chi connectivity index (χ1n) is 7.73. The fourth-order valence-electron chi connectivity index (χ4n) is 2.75. The van der Waals surface area contributed by atoms with E-state index in [-0.39, 0.29) is 6.10 Å². The van der Waals surface area contributed by atoms with Crippen LogP contribution in [0, 0.1) is 0 Å². The number of benzene rings is 1. The summed E-state index contributed by atoms with van der Waals surface area (Å²) in [4.78, 5) is 0. The summed E-state index contributed by atoms with van der Waals surface area (Å²) < 4.78 is 5.77. The molecule has 1 aromatic rings. The third-order valence-corrected chi connectivity index (χ3v) is 4.13. The molecule has 2 N–H and O–H groups in total. The summed E-state index contributed by atoms with van der Waals surface area (Å²) in [5.74, 6) is 0.782. The zero-order chi connectivity index (χ0) is 14.4. The molecular formula is C17H26O3. The molecule has 0 heterocycles. The van der Waals surface area contributed by atoms with Crippen LogP contribution in [-0.4, -0.2) is 28.5 Å². The molecule has 0 amide bonds. The lowest BCUT2D eigenvalue weighted by atomic mass is 9.85. The normalized spacial score (nSPS) is 19.6. The van der Waals surface area contributed by atoms with E-state index >= 15 is 0 Å². The van der Waals surface area contributed by atoms with Crippen molar-refractivity contribution < 1.29 is 14.9 Å². The Hall–Kier alpha value is -1.06. The molecule has 0 spiro atoms. The van der Waals surface area contributed by atoms with Gasteiger partial charge >= 0.3 is 0 Å². The predicted molar refractivity (Wildman–Crippen MR) is 80.0 cm³/mol. The Labute approximate surface area is 121 Å². The van der Waals surface area contributed by atoms with Crippen LogP contribution in [0.3, 0.4) is 0 Å². The Kier molecular flexibility index (Phi) is 5.44. The molecule has 112 valence electrons. The van der Waals surface area contributed by atoms with Gasteiger partial charge in [-0.2, -0.15) is 0 Å². The lowest BCUT2D eigenvalue weighted by Gasteiger charge is -2.31. The average molecular weight is 278 g/mol. The van der Waals surface area contributed by atoms with E-state index in [0.717, 1.165) is 43.4 Å². The lowest BCUT2D eigenvalue weighted by Crippen LogP contribution is -2.37. The van der Waals surface area contributed by atoms with Crippen molar-refractivity contribution in [1.82, 2.24) is 0 Å². The summed E-state index contributed by atoms with van der Waals surface area (Å²) in [5, 5.41) is 20.1. The van der Waals surface area contributed by atoms with E-state index < -0.39 is 5.60 Å². The Balaban J connectivity index is 1.90. The van der Waals surface area contributed by atoms with Crippen LogP contribution in [0.15, 0.2) is 24.3 Å². The predicted octanol–water partition coefficient (Wildman–Crippen LogP) is 3.07. The lowest BCUT2D eigenvalue weighted by molar-refractivity contribution is -0.0339. The summed E-state index contributed by atoms with van der Waals surface area (Å²) >= 11 is 0. The highest BCUT2D eigenvalue weighted by molar-refractivity contribution is 5.29. The number of hydrogen-bond acceptors (Lipinski definition) is 3. The molecule has 0 aromatic heterocycles. The number of aliphatic hydroxyl groups excluding tert-OH is 1. The van der Waals surface area contributed by atoms with E-state index in [1.807, 2.05) is 31.2 Å². The summed E-state index contributed by atoms with van der Waals surface area (Å²) in [6, 6.07) is 7.82. The van der Waals surface area contributed by atoms with Gasteiger partial charge in [-0.05, 0) is 43.4 Å². The average Bonchev–Trinajstić information content (AvgIpc) is 2.46. The van der Waals surface area contributed by atoms with Gasteiger partial charge in [-0.3, -0.25) is 0 Å². The van der Waals surface area contributed by atoms with E-state index in [4.69, 9.17) is 4.74 Å². The maximum Gasteiger partial charge on any atom is 0.119 e. The molecule has 1 aliphatic carbocycles. The van der Waals surface area contributed by atoms with Gasteiger partial charge in [0.2, 0.25) is 0 Å². The standard InChI is InChI=1S/C17H26O3/c1-2-15(18)11-14-7-6-8-16(12-14)20-13-17(19)9-4-3-5-10-17/h6-8,12,15,18-19H,2-5,9-11,13H2,1H3/t15-/m1/s1. The van der Waals surface area contributed by atoms with Crippen LogP contribution in [0.25, 0.3) is 0 Å². The number of ether oxygens (including phenoxy) is 1. The molecule has 1 saturated carbocycles. The number of hydrogen-bond donors (Lipinski definition) is 2. The maximum atomic E-state index is 10.4. The first kappa shape index (κ1) is 15.3. The van der Waals surface area contributed by atoms with Crippen molar-refractivity contribution in [1.29, 1.82) is 0 Å². The van der Waals surface area contributed by atoms with Gasteiger partial charge in [-0.25, -0.2) is 0 Å². The fraction of sp³-hybridized carbons (Fsp3) is 0.647. The van der Waals surface area contributed by atoms with Gasteiger partial charge < -0.3 is 14.9 Å². The van der Waals surface area contributed by atoms with E-state index in [0.29, 0.717) is 13.0 Å². The highest BCUT2D eigenvalue weighted by Crippen LogP contribution is 2.29. The molecule has 0 radical (unpaired) electrons. The van der Waals surface area contributed by atoms with Crippen LogP contribution >= 0.6 is 0 Å². The summed E-state index contributed by atoms with van der Waals surface area (Å²) in [6.45, 7) is 2.34. The van der Waals surface area contributed by atoms with Crippen molar-refractivity contribution in [2.75, 3.05) is 6.61 Å². The third-order valence-electron chi connectivity index (χ3n) is 4.13. The number of rotatable bonds is 6. The van der Waals surface area contributed by atoms with Gasteiger partial charge in [0.15, 0.2) is 0 Å². The summed E-state index contributed by atoms with van der Waals surface area (Å²) in [7, 11) is 0. The van der Waals surface area contributed by atoms with Crippen LogP contribution in [0.2, 0.25) is 0 Å². The maximum absolute atomic E-state index is 10.4. The van der Waals surface area contributed by atoms with E-state index in [9.17, 15) is 10.2 Å². The van der Waals surface area contributed by atoms with Gasteiger partial charge in [0, 0.05) is 0 Å². The zero-order valence-electron chi connectivity index (χ0n) is 12.3. The second-order valence-corrected chi connectivity index (χ2v) is 5.99. The van der Waals surface area contributed by atoms with E-state index in [2.05, 4.69) is 0 Å². The molecule has 0 bridgehead atoms. The minimum absolute atomic E-state index is 0.298. The molecular weight excluding hydrogens is 252 g/mol. The molecule has 1 aromatic carbocycles. The van der Waals surface area contributed by atoms with Crippen molar-refractivity contribution >= 4 is 0 Å². The second-order valence-electron chi connectivity index (χ2n) is 5.99. The molecule has 3 heteroatoms. The second kappa shape index (κ2) is 7.09. The van der Waals surface area contributed by atoms with Crippen molar-refractivity contribution in [2.45, 2.75) is 63.6 Å². The smallest absolute Gasteiger partial charge is 0.119 e. The first-order valence-corrected chi connectivity index (χ1v) is 7.73. The van der Waals surface area contributed by atoms with Gasteiger partial charge in [-0.15, -0.1) is 0 Å². The molecule has 20 heavy (non-hydrogen) atoms. The van der Waals surface area contributed by atoms with Crippen molar-refractivity contribution in [3.05, 3.63) is 29.8 Å². The fourth-order valence-corrected chi connectivity index (χ4v) is 2.75. The Morgan fingerprint density at radius 1 is 1.25 bits per heavy atom. The molecule has 1 fully saturated rings. The van der Waals surface area contributed by atoms with Crippen LogP contribution in [-0.2, 0) is 6.42 Å². The molecule has 2 rings (SSSR count). The van der Waals surface area contributed by atoms with Crippen LogP contribution in [0.4, 0.5) is 0 Å². The highest BCUT2D eigenvalue weighted by Gasteiger charge is 2.29. The van der Waals surface area contributed by atoms with Gasteiger partial charge in [0.25, 0.3) is 0 Å². The minimum Gasteiger partial charge on any atom is -0.491 e. The number of aliphatic hydroxyl groups is 2. The Morgan fingerprint density at radius 3 is 2.70 bits per heavy atom. The quantitative estimate of drug-likeness (QED) is 0.840. The Morgan fingerprint density at radius 2 is 2.00 bits per heavy atom. The highest BCUT2D eigenvalue weighted by atomic mass is 16.5. The van der Waals surface area contributed by atoms with Gasteiger partial charge in [0.05, 0.1) is 11.7 Å². The largest absolute Gasteiger partial charge is 0.491 e. The Bertz CT molecular complexity index is 410. The van der Waals surface area contributed by atoms with Crippen molar-refractivity contribution in [2.24, 2.45) is 0 Å². The molecule has 0 saturated heterocycles. The third kappa shape index (κ3) is 4.50.